The van der Waals surface area contributed by atoms with Crippen molar-refractivity contribution >= 4 is 28.8 Å². The van der Waals surface area contributed by atoms with Crippen molar-refractivity contribution in [3.63, 3.8) is 0 Å². The molecular weight excluding hydrogens is 344 g/mol. The first-order valence-corrected chi connectivity index (χ1v) is 7.99. The summed E-state index contributed by atoms with van der Waals surface area (Å²) in [6, 6.07) is 0. The Morgan fingerprint density at radius 3 is 2.91 bits per heavy atom. The summed E-state index contributed by atoms with van der Waals surface area (Å²) < 4.78 is 0. The Labute approximate surface area is 145 Å². The molecule has 1 rings (SSSR count). The number of aliphatic imine (C=N–C) groups is 1. The Hall–Kier alpha value is -1.04. The van der Waals surface area contributed by atoms with E-state index in [0.717, 1.165) is 64.2 Å². The first-order chi connectivity index (χ1) is 10.2. The molecule has 128 valence electrons. The number of amides is 1. The molecule has 0 aromatic rings. The van der Waals surface area contributed by atoms with E-state index in [4.69, 9.17) is 0 Å². The summed E-state index contributed by atoms with van der Waals surface area (Å²) in [5.74, 6) is 1.22. The summed E-state index contributed by atoms with van der Waals surface area (Å²) in [6.45, 7) is 7.26. The molecule has 1 N–H and O–H groups in total. The Kier molecular flexibility index (Phi) is 11.9. The van der Waals surface area contributed by atoms with Crippen molar-refractivity contribution in [2.45, 2.75) is 38.5 Å². The quantitative estimate of drug-likeness (QED) is 0.322. The lowest BCUT2D eigenvalue weighted by Gasteiger charge is -2.23. The van der Waals surface area contributed by atoms with E-state index < -0.39 is 0 Å². The van der Waals surface area contributed by atoms with Crippen molar-refractivity contribution in [2.75, 3.05) is 40.3 Å². The maximum absolute atomic E-state index is 11.9. The molecule has 0 atom stereocenters. The Bertz CT molecular complexity index is 360. The van der Waals surface area contributed by atoms with Crippen LogP contribution in [0, 0.1) is 0 Å². The third-order valence-electron chi connectivity index (χ3n) is 3.80. The second-order valence-electron chi connectivity index (χ2n) is 5.52. The van der Waals surface area contributed by atoms with Crippen molar-refractivity contribution in [2.24, 2.45) is 4.99 Å². The van der Waals surface area contributed by atoms with Gasteiger partial charge >= 0.3 is 0 Å². The number of guanidine groups is 1. The van der Waals surface area contributed by atoms with Crippen LogP contribution in [0.1, 0.15) is 38.5 Å². The monoisotopic (exact) mass is 374 g/mol. The number of hydrogen-bond acceptors (Lipinski definition) is 2. The number of likely N-dealkylation sites (tertiary alicyclic amines) is 1. The van der Waals surface area contributed by atoms with Gasteiger partial charge in [0.25, 0.3) is 0 Å². The van der Waals surface area contributed by atoms with Crippen molar-refractivity contribution in [3.8, 4) is 0 Å². The van der Waals surface area contributed by atoms with Crippen LogP contribution >= 0.6 is 17.0 Å². The topological polar surface area (TPSA) is 47.9 Å². The first kappa shape index (κ1) is 21.0. The van der Waals surface area contributed by atoms with Crippen LogP contribution in [0.3, 0.4) is 0 Å². The minimum atomic E-state index is 0. The minimum absolute atomic E-state index is 0. The maximum Gasteiger partial charge on any atom is 0.222 e. The number of hydrogen-bond donors (Lipinski definition) is 1. The number of carbonyl (C=O) groups is 1. The van der Waals surface area contributed by atoms with Gasteiger partial charge in [-0.2, -0.15) is 0 Å². The summed E-state index contributed by atoms with van der Waals surface area (Å²) in [4.78, 5) is 20.3. The van der Waals surface area contributed by atoms with Gasteiger partial charge in [0, 0.05) is 46.7 Å². The van der Waals surface area contributed by atoms with Crippen molar-refractivity contribution in [1.82, 2.24) is 15.1 Å². The molecule has 5 nitrogen and oxygen atoms in total. The highest BCUT2D eigenvalue weighted by molar-refractivity contribution is 8.93. The number of halogens is 1. The molecule has 1 aliphatic rings. The van der Waals surface area contributed by atoms with Crippen LogP contribution in [0.2, 0.25) is 0 Å². The highest BCUT2D eigenvalue weighted by atomic mass is 79.9. The van der Waals surface area contributed by atoms with Gasteiger partial charge in [0.05, 0.1) is 0 Å². The van der Waals surface area contributed by atoms with Crippen LogP contribution < -0.4 is 5.32 Å². The zero-order valence-corrected chi connectivity index (χ0v) is 15.7. The third kappa shape index (κ3) is 7.82. The summed E-state index contributed by atoms with van der Waals surface area (Å²) in [6.07, 6.45) is 7.91. The number of rotatable bonds is 7. The van der Waals surface area contributed by atoms with Gasteiger partial charge in [-0.15, -0.1) is 23.6 Å². The highest BCUT2D eigenvalue weighted by Gasteiger charge is 2.15. The SMILES string of the molecule is Br.C=CCCN(C)C(=NC)NCCCN1CCCCCC1=O. The van der Waals surface area contributed by atoms with Gasteiger partial charge in [-0.25, -0.2) is 0 Å². The van der Waals surface area contributed by atoms with Gasteiger partial charge in [0.2, 0.25) is 5.91 Å². The van der Waals surface area contributed by atoms with Gasteiger partial charge in [0.1, 0.15) is 0 Å². The van der Waals surface area contributed by atoms with Gasteiger partial charge in [-0.3, -0.25) is 9.79 Å². The highest BCUT2D eigenvalue weighted by Crippen LogP contribution is 2.11. The first-order valence-electron chi connectivity index (χ1n) is 7.99. The Balaban J connectivity index is 0.00000441. The van der Waals surface area contributed by atoms with E-state index in [1.165, 1.54) is 6.42 Å². The van der Waals surface area contributed by atoms with Crippen molar-refractivity contribution in [1.29, 1.82) is 0 Å². The van der Waals surface area contributed by atoms with Crippen LogP contribution in [0.4, 0.5) is 0 Å². The predicted octanol–water partition coefficient (Wildman–Crippen LogP) is 2.44. The fraction of sp³-hybridized carbons (Fsp3) is 0.750. The number of nitrogens with one attached hydrogen (secondary N) is 1. The molecule has 0 aromatic carbocycles. The maximum atomic E-state index is 11.9. The summed E-state index contributed by atoms with van der Waals surface area (Å²) >= 11 is 0. The second-order valence-corrected chi connectivity index (χ2v) is 5.52. The molecule has 0 bridgehead atoms. The molecule has 1 saturated heterocycles. The van der Waals surface area contributed by atoms with E-state index in [1.807, 2.05) is 18.0 Å². The predicted molar refractivity (Wildman–Crippen MR) is 98.8 cm³/mol. The second kappa shape index (κ2) is 12.5. The lowest BCUT2D eigenvalue weighted by atomic mass is 10.2. The number of nitrogens with zero attached hydrogens (tertiary/aromatic N) is 3. The van der Waals surface area contributed by atoms with Crippen LogP contribution in [-0.2, 0) is 4.79 Å². The molecule has 0 saturated carbocycles. The van der Waals surface area contributed by atoms with E-state index in [2.05, 4.69) is 21.8 Å². The minimum Gasteiger partial charge on any atom is -0.356 e. The molecule has 0 aromatic heterocycles. The molecule has 0 radical (unpaired) electrons. The van der Waals surface area contributed by atoms with E-state index in [9.17, 15) is 4.79 Å². The summed E-state index contributed by atoms with van der Waals surface area (Å²) in [7, 11) is 3.82. The third-order valence-corrected chi connectivity index (χ3v) is 3.80. The molecule has 1 heterocycles. The Morgan fingerprint density at radius 1 is 1.45 bits per heavy atom. The molecule has 1 fully saturated rings. The molecule has 6 heteroatoms. The van der Waals surface area contributed by atoms with E-state index in [-0.39, 0.29) is 17.0 Å². The van der Waals surface area contributed by atoms with Crippen LogP contribution in [-0.4, -0.2) is 61.9 Å². The zero-order chi connectivity index (χ0) is 15.5. The van der Waals surface area contributed by atoms with Crippen molar-refractivity contribution < 1.29 is 4.79 Å². The zero-order valence-electron chi connectivity index (χ0n) is 14.0. The molecule has 22 heavy (non-hydrogen) atoms. The van der Waals surface area contributed by atoms with Crippen LogP contribution in [0.15, 0.2) is 17.6 Å². The van der Waals surface area contributed by atoms with Gasteiger partial charge in [-0.1, -0.05) is 12.5 Å². The van der Waals surface area contributed by atoms with Gasteiger partial charge in [-0.05, 0) is 25.7 Å². The van der Waals surface area contributed by atoms with Crippen molar-refractivity contribution in [3.05, 3.63) is 12.7 Å². The lowest BCUT2D eigenvalue weighted by molar-refractivity contribution is -0.130. The van der Waals surface area contributed by atoms with Gasteiger partial charge < -0.3 is 15.1 Å². The molecule has 0 spiro atoms. The average molecular weight is 375 g/mol. The van der Waals surface area contributed by atoms with E-state index in [0.29, 0.717) is 5.91 Å². The molecule has 0 aliphatic carbocycles. The normalized spacial score (nSPS) is 15.8. The van der Waals surface area contributed by atoms with E-state index >= 15 is 0 Å². The lowest BCUT2D eigenvalue weighted by Crippen LogP contribution is -2.41. The molecule has 0 unspecified atom stereocenters. The molecule has 1 amide bonds. The summed E-state index contributed by atoms with van der Waals surface area (Å²) in [5.41, 5.74) is 0. The number of carbonyl (C=O) groups excluding carboxylic acids is 1. The standard InChI is InChI=1S/C16H30N4O.BrH/c1-4-5-12-19(3)16(17-2)18-11-9-14-20-13-8-6-7-10-15(20)21;/h4H,1,5-14H2,2-3H3,(H,17,18);1H. The smallest absolute Gasteiger partial charge is 0.222 e. The fourth-order valence-electron chi connectivity index (χ4n) is 2.52. The van der Waals surface area contributed by atoms with Crippen LogP contribution in [0.25, 0.3) is 0 Å². The molecular formula is C16H31BrN4O. The van der Waals surface area contributed by atoms with E-state index in [1.54, 1.807) is 7.05 Å². The average Bonchev–Trinajstić information content (AvgIpc) is 2.69. The largest absolute Gasteiger partial charge is 0.356 e. The van der Waals surface area contributed by atoms with Crippen LogP contribution in [0.5, 0.6) is 0 Å². The summed E-state index contributed by atoms with van der Waals surface area (Å²) in [5, 5.41) is 3.35. The Morgan fingerprint density at radius 2 is 2.23 bits per heavy atom. The van der Waals surface area contributed by atoms with Gasteiger partial charge in [0.15, 0.2) is 5.96 Å². The molecule has 1 aliphatic heterocycles. The fourth-order valence-corrected chi connectivity index (χ4v) is 2.52.